The van der Waals surface area contributed by atoms with E-state index in [2.05, 4.69) is 10.2 Å². The van der Waals surface area contributed by atoms with Crippen LogP contribution in [-0.4, -0.2) is 44.0 Å². The fraction of sp³-hybridized carbons (Fsp3) is 0.556. The van der Waals surface area contributed by atoms with Crippen molar-refractivity contribution < 1.29 is 14.3 Å². The van der Waals surface area contributed by atoms with Gasteiger partial charge in [-0.25, -0.2) is 0 Å². The molecule has 0 aromatic heterocycles. The van der Waals surface area contributed by atoms with Crippen LogP contribution in [0.15, 0.2) is 18.2 Å². The molecule has 1 N–H and O–H groups in total. The Balaban J connectivity index is 1.43. The molecule has 5 nitrogen and oxygen atoms in total. The van der Waals surface area contributed by atoms with Gasteiger partial charge in [-0.15, -0.1) is 0 Å². The minimum Gasteiger partial charge on any atom is -0.376 e. The van der Waals surface area contributed by atoms with E-state index in [9.17, 15) is 9.59 Å². The lowest BCUT2D eigenvalue weighted by Crippen LogP contribution is -2.39. The molecule has 1 aliphatic carbocycles. The van der Waals surface area contributed by atoms with Gasteiger partial charge in [0.2, 0.25) is 5.91 Å². The molecule has 2 aliphatic heterocycles. The van der Waals surface area contributed by atoms with Crippen LogP contribution in [0.2, 0.25) is 0 Å². The zero-order valence-electron chi connectivity index (χ0n) is 13.2. The summed E-state index contributed by atoms with van der Waals surface area (Å²) in [4.78, 5) is 26.4. The molecule has 0 bridgehead atoms. The zero-order valence-corrected chi connectivity index (χ0v) is 13.2. The van der Waals surface area contributed by atoms with E-state index in [1.807, 2.05) is 18.2 Å². The molecule has 0 spiro atoms. The van der Waals surface area contributed by atoms with Crippen molar-refractivity contribution in [3.63, 3.8) is 0 Å². The quantitative estimate of drug-likeness (QED) is 0.921. The number of ether oxygens (including phenoxy) is 1. The molecule has 2 heterocycles. The molecular formula is C18H22N2O3. The summed E-state index contributed by atoms with van der Waals surface area (Å²) in [6.07, 6.45) is 3.81. The van der Waals surface area contributed by atoms with Crippen LogP contribution in [0.5, 0.6) is 0 Å². The van der Waals surface area contributed by atoms with Crippen molar-refractivity contribution in [3.05, 3.63) is 29.3 Å². The summed E-state index contributed by atoms with van der Waals surface area (Å²) >= 11 is 0. The first-order valence-corrected chi connectivity index (χ1v) is 8.52. The molecule has 2 atom stereocenters. The molecule has 23 heavy (non-hydrogen) atoms. The first-order valence-electron chi connectivity index (χ1n) is 8.52. The molecule has 1 saturated heterocycles. The highest BCUT2D eigenvalue weighted by Crippen LogP contribution is 2.44. The Labute approximate surface area is 136 Å². The number of carbonyl (C=O) groups is 2. The van der Waals surface area contributed by atoms with E-state index >= 15 is 0 Å². The van der Waals surface area contributed by atoms with Crippen LogP contribution in [0, 0.1) is 0 Å². The summed E-state index contributed by atoms with van der Waals surface area (Å²) in [7, 11) is 0. The number of hydrogen-bond acceptors (Lipinski definition) is 4. The van der Waals surface area contributed by atoms with Gasteiger partial charge >= 0.3 is 0 Å². The standard InChI is InChI=1S/C18H22N2O3/c21-16-7-6-12-10-20(15-5-1-4-14(16)18(12)15)11-17(22)19-9-13-3-2-8-23-13/h1,4-5,12-13H,2-3,6-11H2,(H,19,22). The average Bonchev–Trinajstić information content (AvgIpc) is 3.19. The maximum Gasteiger partial charge on any atom is 0.239 e. The summed E-state index contributed by atoms with van der Waals surface area (Å²) in [5, 5.41) is 2.98. The number of Topliss-reactive ketones (excluding diaryl/α,β-unsaturated/α-hetero) is 1. The van der Waals surface area contributed by atoms with Crippen LogP contribution in [-0.2, 0) is 9.53 Å². The van der Waals surface area contributed by atoms with Crippen LogP contribution in [0.3, 0.4) is 0 Å². The second-order valence-electron chi connectivity index (χ2n) is 6.72. The summed E-state index contributed by atoms with van der Waals surface area (Å²) in [6, 6.07) is 5.89. The number of amides is 1. The number of nitrogens with zero attached hydrogens (tertiary/aromatic N) is 1. The SMILES string of the molecule is O=C(CN1CC2CCC(=O)c3cccc1c32)NCC1CCCO1. The van der Waals surface area contributed by atoms with E-state index in [-0.39, 0.29) is 17.8 Å². The second-order valence-corrected chi connectivity index (χ2v) is 6.72. The van der Waals surface area contributed by atoms with Gasteiger partial charge in [-0.1, -0.05) is 12.1 Å². The number of benzene rings is 1. The van der Waals surface area contributed by atoms with Crippen molar-refractivity contribution in [1.82, 2.24) is 5.32 Å². The largest absolute Gasteiger partial charge is 0.376 e. The molecular weight excluding hydrogens is 292 g/mol. The minimum atomic E-state index is 0.0306. The van der Waals surface area contributed by atoms with E-state index in [4.69, 9.17) is 4.74 Å². The molecule has 3 aliphatic rings. The Kier molecular flexibility index (Phi) is 3.81. The topological polar surface area (TPSA) is 58.6 Å². The highest BCUT2D eigenvalue weighted by atomic mass is 16.5. The van der Waals surface area contributed by atoms with Crippen molar-refractivity contribution in [3.8, 4) is 0 Å². The first kappa shape index (κ1) is 14.7. The maximum atomic E-state index is 12.3. The predicted molar refractivity (Wildman–Crippen MR) is 86.9 cm³/mol. The number of nitrogens with one attached hydrogen (secondary N) is 1. The lowest BCUT2D eigenvalue weighted by atomic mass is 9.83. The number of rotatable bonds is 4. The molecule has 122 valence electrons. The smallest absolute Gasteiger partial charge is 0.239 e. The summed E-state index contributed by atoms with van der Waals surface area (Å²) in [6.45, 7) is 2.60. The summed E-state index contributed by atoms with van der Waals surface area (Å²) < 4.78 is 5.53. The first-order chi connectivity index (χ1) is 11.2. The Bertz CT molecular complexity index is 637. The van der Waals surface area contributed by atoms with Gasteiger partial charge in [0.25, 0.3) is 0 Å². The highest BCUT2D eigenvalue weighted by Gasteiger charge is 2.36. The van der Waals surface area contributed by atoms with E-state index in [1.54, 1.807) is 0 Å². The summed E-state index contributed by atoms with van der Waals surface area (Å²) in [5.41, 5.74) is 3.09. The van der Waals surface area contributed by atoms with E-state index in [0.29, 0.717) is 25.4 Å². The Morgan fingerprint density at radius 1 is 1.35 bits per heavy atom. The molecule has 1 aromatic carbocycles. The Morgan fingerprint density at radius 2 is 2.26 bits per heavy atom. The van der Waals surface area contributed by atoms with Gasteiger partial charge in [0.15, 0.2) is 5.78 Å². The van der Waals surface area contributed by atoms with Gasteiger partial charge in [0.1, 0.15) is 0 Å². The van der Waals surface area contributed by atoms with Crippen LogP contribution in [0.4, 0.5) is 5.69 Å². The minimum absolute atomic E-state index is 0.0306. The second kappa shape index (κ2) is 5.96. The van der Waals surface area contributed by atoms with Gasteiger partial charge in [-0.2, -0.15) is 0 Å². The Hall–Kier alpha value is -1.88. The maximum absolute atomic E-state index is 12.3. The van der Waals surface area contributed by atoms with Crippen molar-refractivity contribution in [2.24, 2.45) is 0 Å². The van der Waals surface area contributed by atoms with Crippen molar-refractivity contribution in [2.75, 3.05) is 31.1 Å². The van der Waals surface area contributed by atoms with Crippen LogP contribution >= 0.6 is 0 Å². The molecule has 1 aromatic rings. The van der Waals surface area contributed by atoms with Crippen molar-refractivity contribution >= 4 is 17.4 Å². The third-order valence-electron chi connectivity index (χ3n) is 5.18. The Morgan fingerprint density at radius 3 is 3.09 bits per heavy atom. The highest BCUT2D eigenvalue weighted by molar-refractivity contribution is 6.01. The monoisotopic (exact) mass is 314 g/mol. The van der Waals surface area contributed by atoms with Gasteiger partial charge in [0, 0.05) is 43.3 Å². The van der Waals surface area contributed by atoms with E-state index < -0.39 is 0 Å². The molecule has 1 fully saturated rings. The lowest BCUT2D eigenvalue weighted by Gasteiger charge is -2.20. The summed E-state index contributed by atoms with van der Waals surface area (Å²) in [5.74, 6) is 0.663. The third kappa shape index (κ3) is 2.74. The fourth-order valence-electron chi connectivity index (χ4n) is 4.04. The third-order valence-corrected chi connectivity index (χ3v) is 5.18. The van der Waals surface area contributed by atoms with Crippen molar-refractivity contribution in [2.45, 2.75) is 37.7 Å². The molecule has 4 rings (SSSR count). The van der Waals surface area contributed by atoms with Gasteiger partial charge in [0.05, 0.1) is 12.6 Å². The molecule has 1 amide bonds. The van der Waals surface area contributed by atoms with Crippen LogP contribution < -0.4 is 10.2 Å². The number of carbonyl (C=O) groups excluding carboxylic acids is 2. The van der Waals surface area contributed by atoms with Crippen molar-refractivity contribution in [1.29, 1.82) is 0 Å². The van der Waals surface area contributed by atoms with E-state index in [1.165, 1.54) is 0 Å². The average molecular weight is 314 g/mol. The number of anilines is 1. The van der Waals surface area contributed by atoms with Gasteiger partial charge < -0.3 is 15.0 Å². The van der Waals surface area contributed by atoms with E-state index in [0.717, 1.165) is 49.2 Å². The zero-order chi connectivity index (χ0) is 15.8. The molecule has 0 radical (unpaired) electrons. The number of hydrogen-bond donors (Lipinski definition) is 1. The molecule has 5 heteroatoms. The van der Waals surface area contributed by atoms with Crippen LogP contribution in [0.1, 0.15) is 47.5 Å². The lowest BCUT2D eigenvalue weighted by molar-refractivity contribution is -0.120. The van der Waals surface area contributed by atoms with Gasteiger partial charge in [-0.3, -0.25) is 9.59 Å². The predicted octanol–water partition coefficient (Wildman–Crippen LogP) is 1.86. The van der Waals surface area contributed by atoms with Crippen LogP contribution in [0.25, 0.3) is 0 Å². The normalized spacial score (nSPS) is 25.6. The molecule has 0 saturated carbocycles. The fourth-order valence-corrected chi connectivity index (χ4v) is 4.04. The molecule has 2 unspecified atom stereocenters. The number of ketones is 1. The van der Waals surface area contributed by atoms with Gasteiger partial charge in [-0.05, 0) is 30.9 Å².